The smallest absolute Gasteiger partial charge is 0.183 e. The third-order valence-corrected chi connectivity index (χ3v) is 3.04. The summed E-state index contributed by atoms with van der Waals surface area (Å²) in [5, 5.41) is 9.12. The Labute approximate surface area is 96.0 Å². The van der Waals surface area contributed by atoms with Crippen molar-refractivity contribution < 1.29 is 0 Å². The minimum atomic E-state index is 0.677. The summed E-state index contributed by atoms with van der Waals surface area (Å²) in [6.45, 7) is 0. The molecule has 0 spiro atoms. The van der Waals surface area contributed by atoms with E-state index in [2.05, 4.69) is 20.2 Å². The molecular weight excluding hydrogens is 220 g/mol. The summed E-state index contributed by atoms with van der Waals surface area (Å²) in [7, 11) is 0. The van der Waals surface area contributed by atoms with E-state index in [0.717, 1.165) is 16.3 Å². The molecule has 0 fully saturated rings. The quantitative estimate of drug-likeness (QED) is 0.733. The molecule has 3 heterocycles. The van der Waals surface area contributed by atoms with E-state index < -0.39 is 0 Å². The molecule has 5 heteroatoms. The van der Waals surface area contributed by atoms with Crippen molar-refractivity contribution in [3.63, 3.8) is 0 Å². The van der Waals surface area contributed by atoms with Crippen molar-refractivity contribution in [2.75, 3.05) is 0 Å². The molecule has 0 atom stereocenters. The number of nitrogens with zero attached hydrogens (tertiary/aromatic N) is 3. The van der Waals surface area contributed by atoms with Crippen LogP contribution >= 0.6 is 11.3 Å². The van der Waals surface area contributed by atoms with Gasteiger partial charge in [0.15, 0.2) is 11.6 Å². The normalized spacial score (nSPS) is 10.5. The molecule has 0 aliphatic heterocycles. The number of hydrogen-bond donors (Lipinski definition) is 1. The molecular formula is C11H8N4S. The van der Waals surface area contributed by atoms with E-state index in [4.69, 9.17) is 0 Å². The third-order valence-electron chi connectivity index (χ3n) is 2.16. The lowest BCUT2D eigenvalue weighted by Gasteiger charge is -1.90. The number of pyridine rings is 1. The third kappa shape index (κ3) is 1.61. The van der Waals surface area contributed by atoms with Gasteiger partial charge < -0.3 is 0 Å². The Hall–Kier alpha value is -2.01. The lowest BCUT2D eigenvalue weighted by Crippen LogP contribution is -1.81. The minimum Gasteiger partial charge on any atom is -0.264 e. The summed E-state index contributed by atoms with van der Waals surface area (Å²) >= 11 is 1.64. The van der Waals surface area contributed by atoms with Gasteiger partial charge in [0.05, 0.1) is 4.88 Å². The van der Waals surface area contributed by atoms with Crippen LogP contribution in [0.3, 0.4) is 0 Å². The monoisotopic (exact) mass is 228 g/mol. The van der Waals surface area contributed by atoms with Gasteiger partial charge in [0.2, 0.25) is 0 Å². The molecule has 16 heavy (non-hydrogen) atoms. The second-order valence-corrected chi connectivity index (χ2v) is 4.17. The molecule has 0 unspecified atom stereocenters. The van der Waals surface area contributed by atoms with Crippen molar-refractivity contribution in [1.29, 1.82) is 0 Å². The second kappa shape index (κ2) is 3.86. The standard InChI is InChI=1S/C11H8N4S/c1-3-8(7-12-5-1)10-13-11(15-14-10)9-4-2-6-16-9/h1-7H,(H,13,14,15). The number of thiophene rings is 1. The average molecular weight is 228 g/mol. The van der Waals surface area contributed by atoms with Crippen LogP contribution in [0.5, 0.6) is 0 Å². The molecule has 0 amide bonds. The zero-order valence-electron chi connectivity index (χ0n) is 8.29. The predicted molar refractivity (Wildman–Crippen MR) is 62.9 cm³/mol. The number of rotatable bonds is 2. The molecule has 0 radical (unpaired) electrons. The summed E-state index contributed by atoms with van der Waals surface area (Å²) in [4.78, 5) is 9.55. The average Bonchev–Trinajstić information content (AvgIpc) is 3.01. The Morgan fingerprint density at radius 3 is 2.94 bits per heavy atom. The first-order chi connectivity index (χ1) is 7.93. The topological polar surface area (TPSA) is 54.5 Å². The summed E-state index contributed by atoms with van der Waals surface area (Å²) in [6.07, 6.45) is 3.48. The van der Waals surface area contributed by atoms with Gasteiger partial charge in [-0.1, -0.05) is 6.07 Å². The molecule has 3 aromatic heterocycles. The summed E-state index contributed by atoms with van der Waals surface area (Å²) in [5.41, 5.74) is 0.918. The molecule has 0 aromatic carbocycles. The Bertz CT molecular complexity index is 571. The minimum absolute atomic E-state index is 0.677. The van der Waals surface area contributed by atoms with Gasteiger partial charge in [0.25, 0.3) is 0 Å². The van der Waals surface area contributed by atoms with Gasteiger partial charge in [-0.05, 0) is 23.6 Å². The van der Waals surface area contributed by atoms with Crippen molar-refractivity contribution in [2.24, 2.45) is 0 Å². The molecule has 0 saturated heterocycles. The first kappa shape index (κ1) is 9.23. The lowest BCUT2D eigenvalue weighted by atomic mass is 10.3. The molecule has 0 bridgehead atoms. The van der Waals surface area contributed by atoms with E-state index >= 15 is 0 Å². The van der Waals surface area contributed by atoms with Gasteiger partial charge in [0, 0.05) is 18.0 Å². The highest BCUT2D eigenvalue weighted by Crippen LogP contribution is 2.22. The largest absolute Gasteiger partial charge is 0.264 e. The van der Waals surface area contributed by atoms with E-state index in [0.29, 0.717) is 5.82 Å². The Kier molecular flexibility index (Phi) is 2.23. The zero-order valence-corrected chi connectivity index (χ0v) is 9.11. The first-order valence-corrected chi connectivity index (χ1v) is 5.68. The van der Waals surface area contributed by atoms with Gasteiger partial charge in [0.1, 0.15) is 0 Å². The Balaban J connectivity index is 2.00. The van der Waals surface area contributed by atoms with E-state index in [9.17, 15) is 0 Å². The van der Waals surface area contributed by atoms with Crippen LogP contribution in [0.15, 0.2) is 42.0 Å². The fourth-order valence-corrected chi connectivity index (χ4v) is 2.07. The molecule has 0 saturated carbocycles. The van der Waals surface area contributed by atoms with Crippen LogP contribution in [-0.2, 0) is 0 Å². The molecule has 3 aromatic rings. The molecule has 0 aliphatic rings. The summed E-state index contributed by atoms with van der Waals surface area (Å²) in [5.74, 6) is 1.48. The van der Waals surface area contributed by atoms with Crippen molar-refractivity contribution in [1.82, 2.24) is 20.2 Å². The second-order valence-electron chi connectivity index (χ2n) is 3.23. The molecule has 1 N–H and O–H groups in total. The highest BCUT2D eigenvalue weighted by atomic mass is 32.1. The van der Waals surface area contributed by atoms with Crippen molar-refractivity contribution in [2.45, 2.75) is 0 Å². The highest BCUT2D eigenvalue weighted by molar-refractivity contribution is 7.13. The molecule has 0 aliphatic carbocycles. The van der Waals surface area contributed by atoms with Crippen LogP contribution in [0.1, 0.15) is 0 Å². The molecule has 3 rings (SSSR count). The fraction of sp³-hybridized carbons (Fsp3) is 0. The van der Waals surface area contributed by atoms with Crippen LogP contribution in [0.25, 0.3) is 22.1 Å². The van der Waals surface area contributed by atoms with Gasteiger partial charge in [-0.25, -0.2) is 4.98 Å². The van der Waals surface area contributed by atoms with Crippen LogP contribution in [0, 0.1) is 0 Å². The number of nitrogens with one attached hydrogen (secondary N) is 1. The maximum Gasteiger partial charge on any atom is 0.183 e. The van der Waals surface area contributed by atoms with Crippen LogP contribution in [-0.4, -0.2) is 20.2 Å². The van der Waals surface area contributed by atoms with Gasteiger partial charge in [-0.2, -0.15) is 5.10 Å². The number of hydrogen-bond acceptors (Lipinski definition) is 4. The Morgan fingerprint density at radius 2 is 2.19 bits per heavy atom. The molecule has 78 valence electrons. The van der Waals surface area contributed by atoms with Crippen molar-refractivity contribution >= 4 is 11.3 Å². The zero-order chi connectivity index (χ0) is 10.8. The first-order valence-electron chi connectivity index (χ1n) is 4.80. The van der Waals surface area contributed by atoms with E-state index in [1.807, 2.05) is 29.6 Å². The summed E-state index contributed by atoms with van der Waals surface area (Å²) in [6, 6.07) is 7.81. The predicted octanol–water partition coefficient (Wildman–Crippen LogP) is 2.60. The number of H-pyrrole nitrogens is 1. The van der Waals surface area contributed by atoms with Crippen LogP contribution in [0.2, 0.25) is 0 Å². The van der Waals surface area contributed by atoms with E-state index in [1.165, 1.54) is 0 Å². The van der Waals surface area contributed by atoms with Crippen LogP contribution in [0.4, 0.5) is 0 Å². The van der Waals surface area contributed by atoms with Gasteiger partial charge >= 0.3 is 0 Å². The van der Waals surface area contributed by atoms with Crippen molar-refractivity contribution in [3.8, 4) is 22.1 Å². The van der Waals surface area contributed by atoms with E-state index in [-0.39, 0.29) is 0 Å². The maximum absolute atomic E-state index is 4.43. The fourth-order valence-electron chi connectivity index (χ4n) is 1.41. The SMILES string of the molecule is c1cncc(-c2n[nH]c(-c3cccs3)n2)c1. The van der Waals surface area contributed by atoms with Gasteiger partial charge in [-0.15, -0.1) is 11.3 Å². The number of aromatic amines is 1. The van der Waals surface area contributed by atoms with Crippen LogP contribution < -0.4 is 0 Å². The lowest BCUT2D eigenvalue weighted by molar-refractivity contribution is 1.10. The van der Waals surface area contributed by atoms with Crippen molar-refractivity contribution in [3.05, 3.63) is 42.0 Å². The maximum atomic E-state index is 4.43. The summed E-state index contributed by atoms with van der Waals surface area (Å²) < 4.78 is 0. The molecule has 4 nitrogen and oxygen atoms in total. The van der Waals surface area contributed by atoms with Gasteiger partial charge in [-0.3, -0.25) is 10.1 Å². The van der Waals surface area contributed by atoms with E-state index in [1.54, 1.807) is 23.7 Å². The highest BCUT2D eigenvalue weighted by Gasteiger charge is 2.07. The Morgan fingerprint density at radius 1 is 1.19 bits per heavy atom. The number of aromatic nitrogens is 4.